The molecule has 0 heteroatoms. The molecule has 0 unspecified atom stereocenters. The summed E-state index contributed by atoms with van der Waals surface area (Å²) in [7, 11) is 0. The first kappa shape index (κ1) is 18.6. The van der Waals surface area contributed by atoms with Crippen LogP contribution >= 0.6 is 0 Å². The van der Waals surface area contributed by atoms with Crippen LogP contribution in [0.25, 0.3) is 67.4 Å². The number of benzene rings is 3. The van der Waals surface area contributed by atoms with E-state index in [2.05, 4.69) is 113 Å². The van der Waals surface area contributed by atoms with Crippen molar-refractivity contribution in [1.29, 1.82) is 0 Å². The molecule has 5 rings (SSSR count). The van der Waals surface area contributed by atoms with Crippen molar-refractivity contribution in [2.45, 2.75) is 27.7 Å². The molecular formula is C30H26. The molecule has 0 bridgehead atoms. The highest BCUT2D eigenvalue weighted by Gasteiger charge is 2.18. The zero-order valence-electron chi connectivity index (χ0n) is 18.1. The van der Waals surface area contributed by atoms with E-state index in [9.17, 15) is 0 Å². The Kier molecular flexibility index (Phi) is 4.44. The fourth-order valence-electron chi connectivity index (χ4n) is 4.82. The van der Waals surface area contributed by atoms with Gasteiger partial charge in [0.2, 0.25) is 0 Å². The molecule has 0 nitrogen and oxygen atoms in total. The molecule has 30 heavy (non-hydrogen) atoms. The topological polar surface area (TPSA) is 0 Å². The van der Waals surface area contributed by atoms with Crippen molar-refractivity contribution in [1.82, 2.24) is 0 Å². The minimum Gasteiger partial charge on any atom is -0.0870 e. The summed E-state index contributed by atoms with van der Waals surface area (Å²) < 4.78 is 0. The Morgan fingerprint density at radius 2 is 0.533 bits per heavy atom. The molecule has 0 saturated heterocycles. The Hall–Kier alpha value is -3.38. The third-order valence-electron chi connectivity index (χ3n) is 6.15. The van der Waals surface area contributed by atoms with Gasteiger partial charge in [-0.05, 0) is 129 Å². The second-order valence-electron chi connectivity index (χ2n) is 8.00. The Labute approximate surface area is 178 Å². The molecular weight excluding hydrogens is 360 g/mol. The first-order valence-electron chi connectivity index (χ1n) is 10.8. The van der Waals surface area contributed by atoms with Gasteiger partial charge in [0, 0.05) is 0 Å². The highest BCUT2D eigenvalue weighted by atomic mass is 14.2. The van der Waals surface area contributed by atoms with Crippen LogP contribution < -0.4 is 0 Å². The van der Waals surface area contributed by atoms with Crippen LogP contribution in [0.5, 0.6) is 0 Å². The molecule has 0 aromatic heterocycles. The first-order chi connectivity index (χ1) is 14.7. The van der Waals surface area contributed by atoms with E-state index in [1.807, 2.05) is 0 Å². The predicted octanol–water partition coefficient (Wildman–Crippen LogP) is 9.31. The molecule has 0 aliphatic rings. The lowest BCUT2D eigenvalue weighted by molar-refractivity contribution is 1.64. The lowest BCUT2D eigenvalue weighted by atomic mass is 9.83. The number of hydrogen-bond donors (Lipinski definition) is 0. The van der Waals surface area contributed by atoms with Crippen LogP contribution in [-0.2, 0) is 0 Å². The maximum absolute atomic E-state index is 2.40. The monoisotopic (exact) mass is 386 g/mol. The second kappa shape index (κ2) is 7.15. The summed E-state index contributed by atoms with van der Waals surface area (Å²) in [6.45, 7) is 8.32. The van der Waals surface area contributed by atoms with Crippen LogP contribution in [0.15, 0.2) is 60.7 Å². The van der Waals surface area contributed by atoms with Gasteiger partial charge in [0.15, 0.2) is 0 Å². The fourth-order valence-corrected chi connectivity index (χ4v) is 4.82. The zero-order valence-corrected chi connectivity index (χ0v) is 18.1. The van der Waals surface area contributed by atoms with Crippen LogP contribution in [0.3, 0.4) is 0 Å². The Morgan fingerprint density at radius 3 is 0.733 bits per heavy atom. The maximum atomic E-state index is 2.40. The quantitative estimate of drug-likeness (QED) is 0.288. The van der Waals surface area contributed by atoms with E-state index in [-0.39, 0.29) is 0 Å². The molecule has 5 aromatic carbocycles. The van der Waals surface area contributed by atoms with Crippen molar-refractivity contribution in [3.63, 3.8) is 0 Å². The van der Waals surface area contributed by atoms with Crippen molar-refractivity contribution < 1.29 is 0 Å². The summed E-state index contributed by atoms with van der Waals surface area (Å²) in [5, 5.41) is 11.1. The predicted molar refractivity (Wildman–Crippen MR) is 138 cm³/mol. The van der Waals surface area contributed by atoms with E-state index >= 15 is 0 Å². The van der Waals surface area contributed by atoms with Gasteiger partial charge in [-0.1, -0.05) is 48.6 Å². The van der Waals surface area contributed by atoms with E-state index < -0.39 is 0 Å². The normalized spacial score (nSPS) is 13.5. The molecule has 0 aliphatic heterocycles. The minimum absolute atomic E-state index is 1.29. The number of rotatable bonds is 4. The average molecular weight is 387 g/mol. The molecule has 0 radical (unpaired) electrons. The van der Waals surface area contributed by atoms with Crippen molar-refractivity contribution in [2.24, 2.45) is 0 Å². The van der Waals surface area contributed by atoms with Gasteiger partial charge in [-0.15, -0.1) is 0 Å². The van der Waals surface area contributed by atoms with Gasteiger partial charge in [-0.3, -0.25) is 0 Å². The Bertz CT molecular complexity index is 1280. The smallest absolute Gasteiger partial charge is 0.00921 e. The molecule has 0 spiro atoms. The summed E-state index contributed by atoms with van der Waals surface area (Å²) in [6.07, 6.45) is 17.3. The standard InChI is InChI=1S/C30H26/c1-5-9-19-13-23-24(14-20(19)10-6-2)28-18-30-26-16-22(12-8-4)21(11-7-3)15-25(26)29(30)17-27(23)28/h5-18H,1-4H3/b9-5+,10-6+,11-7+,12-8+. The van der Waals surface area contributed by atoms with Gasteiger partial charge >= 0.3 is 0 Å². The number of allylic oxidation sites excluding steroid dienone is 4. The zero-order chi connectivity index (χ0) is 20.8. The van der Waals surface area contributed by atoms with Crippen LogP contribution in [0.2, 0.25) is 0 Å². The minimum atomic E-state index is 1.29. The van der Waals surface area contributed by atoms with Crippen molar-refractivity contribution in [3.05, 3.63) is 83.0 Å². The van der Waals surface area contributed by atoms with Gasteiger partial charge < -0.3 is 0 Å². The van der Waals surface area contributed by atoms with Gasteiger partial charge in [-0.25, -0.2) is 0 Å². The van der Waals surface area contributed by atoms with Gasteiger partial charge in [0.05, 0.1) is 0 Å². The van der Waals surface area contributed by atoms with Crippen LogP contribution in [0, 0.1) is 0 Å². The molecule has 5 aromatic rings. The summed E-state index contributed by atoms with van der Waals surface area (Å²) in [5.41, 5.74) is 5.15. The van der Waals surface area contributed by atoms with E-state index in [0.717, 1.165) is 0 Å². The summed E-state index contributed by atoms with van der Waals surface area (Å²) >= 11 is 0. The lowest BCUT2D eigenvalue weighted by Crippen LogP contribution is -1.94. The highest BCUT2D eigenvalue weighted by Crippen LogP contribution is 2.45. The van der Waals surface area contributed by atoms with Crippen LogP contribution in [0.4, 0.5) is 0 Å². The van der Waals surface area contributed by atoms with Gasteiger partial charge in [0.25, 0.3) is 0 Å². The second-order valence-corrected chi connectivity index (χ2v) is 8.00. The van der Waals surface area contributed by atoms with Crippen LogP contribution in [0.1, 0.15) is 49.9 Å². The third-order valence-corrected chi connectivity index (χ3v) is 6.15. The molecule has 0 fully saturated rings. The largest absolute Gasteiger partial charge is 0.0870 e. The van der Waals surface area contributed by atoms with Gasteiger partial charge in [-0.2, -0.15) is 0 Å². The van der Waals surface area contributed by atoms with E-state index in [1.165, 1.54) is 65.3 Å². The van der Waals surface area contributed by atoms with Crippen molar-refractivity contribution in [3.8, 4) is 0 Å². The summed E-state index contributed by atoms with van der Waals surface area (Å²) in [5.74, 6) is 0. The first-order valence-corrected chi connectivity index (χ1v) is 10.8. The SMILES string of the molecule is C/C=C/c1cc2c(cc1/C=C/C)c1cc3c4cc(/C=C/C)c(/C=C/C)cc4c3cc21. The molecule has 0 heterocycles. The maximum Gasteiger partial charge on any atom is -0.00921 e. The highest BCUT2D eigenvalue weighted by molar-refractivity contribution is 6.35. The van der Waals surface area contributed by atoms with Gasteiger partial charge in [0.1, 0.15) is 0 Å². The number of hydrogen-bond acceptors (Lipinski definition) is 0. The van der Waals surface area contributed by atoms with Crippen LogP contribution in [-0.4, -0.2) is 0 Å². The third kappa shape index (κ3) is 2.60. The fraction of sp³-hybridized carbons (Fsp3) is 0.133. The lowest BCUT2D eigenvalue weighted by Gasteiger charge is -2.20. The van der Waals surface area contributed by atoms with Crippen molar-refractivity contribution in [2.75, 3.05) is 0 Å². The van der Waals surface area contributed by atoms with Crippen molar-refractivity contribution >= 4 is 67.4 Å². The summed E-state index contributed by atoms with van der Waals surface area (Å²) in [6, 6.07) is 14.2. The Morgan fingerprint density at radius 1 is 0.333 bits per heavy atom. The summed E-state index contributed by atoms with van der Waals surface area (Å²) in [4.78, 5) is 0. The molecule has 146 valence electrons. The average Bonchev–Trinajstić information content (AvgIpc) is 2.74. The molecule has 0 saturated carbocycles. The van der Waals surface area contributed by atoms with E-state index in [4.69, 9.17) is 0 Å². The van der Waals surface area contributed by atoms with E-state index in [0.29, 0.717) is 0 Å². The Balaban J connectivity index is 1.78. The molecule has 0 N–H and O–H groups in total. The number of fused-ring (bicyclic) bond motifs is 8. The molecule has 0 aliphatic carbocycles. The molecule has 0 amide bonds. The molecule has 0 atom stereocenters. The van der Waals surface area contributed by atoms with E-state index in [1.54, 1.807) is 0 Å².